The van der Waals surface area contributed by atoms with Crippen LogP contribution in [0.25, 0.3) is 0 Å². The number of amides is 2. The molecular weight excluding hydrogens is 318 g/mol. The summed E-state index contributed by atoms with van der Waals surface area (Å²) in [6.45, 7) is -0.149. The molecule has 2 aliphatic rings. The first-order valence-corrected chi connectivity index (χ1v) is 8.18. The number of carbonyl (C=O) groups excluding carboxylic acids is 2. The predicted octanol–water partition coefficient (Wildman–Crippen LogP) is 1.88. The van der Waals surface area contributed by atoms with E-state index in [0.29, 0.717) is 11.4 Å². The van der Waals surface area contributed by atoms with Gasteiger partial charge in [0, 0.05) is 5.56 Å². The number of hydrazone groups is 1. The lowest BCUT2D eigenvalue weighted by Crippen LogP contribution is -2.44. The van der Waals surface area contributed by atoms with Crippen molar-refractivity contribution in [3.63, 3.8) is 0 Å². The molecule has 0 atom stereocenters. The number of carbonyl (C=O) groups is 2. The molecule has 0 saturated heterocycles. The molecule has 0 saturated carbocycles. The maximum Gasteiger partial charge on any atom is 0.265 e. The highest BCUT2D eigenvalue weighted by Crippen LogP contribution is 2.31. The Kier molecular flexibility index (Phi) is 3.93. The van der Waals surface area contributed by atoms with Crippen LogP contribution in [0.2, 0.25) is 0 Å². The number of hydrogen-bond acceptors (Lipinski definition) is 4. The predicted molar refractivity (Wildman–Crippen MR) is 93.7 cm³/mol. The molecule has 6 heteroatoms. The molecule has 0 bridgehead atoms. The van der Waals surface area contributed by atoms with Crippen LogP contribution in [0.1, 0.15) is 17.5 Å². The zero-order valence-electron chi connectivity index (χ0n) is 13.6. The zero-order chi connectivity index (χ0) is 17.2. The molecule has 0 spiro atoms. The lowest BCUT2D eigenvalue weighted by molar-refractivity contribution is -0.125. The summed E-state index contributed by atoms with van der Waals surface area (Å²) in [5, 5.41) is 4.26. The summed E-state index contributed by atoms with van der Waals surface area (Å²) in [5.41, 5.74) is 6.38. The minimum Gasteiger partial charge on any atom is -0.482 e. The number of anilines is 1. The molecule has 2 aromatic rings. The molecule has 1 aliphatic heterocycles. The van der Waals surface area contributed by atoms with Crippen molar-refractivity contribution in [1.29, 1.82) is 0 Å². The van der Waals surface area contributed by atoms with Gasteiger partial charge in [0.2, 0.25) is 0 Å². The Balaban J connectivity index is 1.47. The second-order valence-electron chi connectivity index (χ2n) is 5.99. The molecule has 0 aromatic heterocycles. The average molecular weight is 335 g/mol. The molecular formula is C19H17N3O3. The molecule has 126 valence electrons. The third kappa shape index (κ3) is 2.98. The molecule has 25 heavy (non-hydrogen) atoms. The number of fused-ring (bicyclic) bond motifs is 2. The van der Waals surface area contributed by atoms with Crippen LogP contribution in [0.15, 0.2) is 53.6 Å². The SMILES string of the molecule is O=C(CN1C(=O)COc2ccccc21)N/N=C1/CCc2ccccc21. The van der Waals surface area contributed by atoms with Gasteiger partial charge in [-0.05, 0) is 30.5 Å². The first-order valence-electron chi connectivity index (χ1n) is 8.18. The van der Waals surface area contributed by atoms with Gasteiger partial charge in [-0.15, -0.1) is 0 Å². The van der Waals surface area contributed by atoms with Crippen molar-refractivity contribution >= 4 is 23.2 Å². The molecule has 1 N–H and O–H groups in total. The quantitative estimate of drug-likeness (QED) is 0.871. The van der Waals surface area contributed by atoms with E-state index >= 15 is 0 Å². The Morgan fingerprint density at radius 3 is 2.84 bits per heavy atom. The number of nitrogens with zero attached hydrogens (tertiary/aromatic N) is 2. The Morgan fingerprint density at radius 2 is 1.92 bits per heavy atom. The maximum absolute atomic E-state index is 12.3. The normalized spacial score (nSPS) is 17.0. The maximum atomic E-state index is 12.3. The molecule has 6 nitrogen and oxygen atoms in total. The van der Waals surface area contributed by atoms with E-state index < -0.39 is 0 Å². The van der Waals surface area contributed by atoms with E-state index in [9.17, 15) is 9.59 Å². The van der Waals surface area contributed by atoms with Crippen LogP contribution >= 0.6 is 0 Å². The van der Waals surface area contributed by atoms with E-state index in [1.807, 2.05) is 24.3 Å². The van der Waals surface area contributed by atoms with Crippen LogP contribution < -0.4 is 15.1 Å². The number of benzene rings is 2. The third-order valence-electron chi connectivity index (χ3n) is 4.38. The van der Waals surface area contributed by atoms with E-state index in [0.717, 1.165) is 24.1 Å². The number of rotatable bonds is 3. The highest BCUT2D eigenvalue weighted by atomic mass is 16.5. The van der Waals surface area contributed by atoms with Crippen LogP contribution in [0.3, 0.4) is 0 Å². The van der Waals surface area contributed by atoms with Gasteiger partial charge in [-0.2, -0.15) is 5.10 Å². The lowest BCUT2D eigenvalue weighted by atomic mass is 10.1. The molecule has 2 aromatic carbocycles. The minimum atomic E-state index is -0.332. The standard InChI is InChI=1S/C19H17N3O3/c23-18(21-20-15-10-9-13-5-1-2-6-14(13)15)11-22-16-7-3-4-8-17(16)25-12-19(22)24/h1-8H,9-12H2,(H,21,23)/b20-15-. The summed E-state index contributed by atoms with van der Waals surface area (Å²) in [5.74, 6) is 0.0283. The first-order chi connectivity index (χ1) is 12.2. The van der Waals surface area contributed by atoms with Crippen molar-refractivity contribution in [2.45, 2.75) is 12.8 Å². The molecule has 1 aliphatic carbocycles. The van der Waals surface area contributed by atoms with Crippen molar-refractivity contribution in [2.75, 3.05) is 18.1 Å². The molecule has 0 radical (unpaired) electrons. The summed E-state index contributed by atoms with van der Waals surface area (Å²) in [4.78, 5) is 25.8. The molecule has 0 fully saturated rings. The van der Waals surface area contributed by atoms with Crippen LogP contribution in [-0.4, -0.2) is 30.7 Å². The molecule has 2 amide bonds. The van der Waals surface area contributed by atoms with Crippen LogP contribution in [-0.2, 0) is 16.0 Å². The van der Waals surface area contributed by atoms with Crippen LogP contribution in [0, 0.1) is 0 Å². The lowest BCUT2D eigenvalue weighted by Gasteiger charge is -2.28. The fraction of sp³-hybridized carbons (Fsp3) is 0.211. The number of ether oxygens (including phenoxy) is 1. The van der Waals surface area contributed by atoms with Gasteiger partial charge in [-0.1, -0.05) is 36.4 Å². The Labute approximate surface area is 145 Å². The summed E-state index contributed by atoms with van der Waals surface area (Å²) in [6.07, 6.45) is 1.74. The smallest absolute Gasteiger partial charge is 0.265 e. The van der Waals surface area contributed by atoms with Gasteiger partial charge in [0.05, 0.1) is 11.4 Å². The van der Waals surface area contributed by atoms with Gasteiger partial charge in [-0.3, -0.25) is 14.5 Å². The fourth-order valence-corrected chi connectivity index (χ4v) is 3.16. The average Bonchev–Trinajstić information content (AvgIpc) is 3.06. The fourth-order valence-electron chi connectivity index (χ4n) is 3.16. The van der Waals surface area contributed by atoms with Gasteiger partial charge in [0.15, 0.2) is 6.61 Å². The second kappa shape index (κ2) is 6.39. The Morgan fingerprint density at radius 1 is 1.12 bits per heavy atom. The van der Waals surface area contributed by atoms with Gasteiger partial charge in [0.25, 0.3) is 11.8 Å². The van der Waals surface area contributed by atoms with E-state index in [4.69, 9.17) is 4.74 Å². The monoisotopic (exact) mass is 335 g/mol. The topological polar surface area (TPSA) is 71.0 Å². The first kappa shape index (κ1) is 15.4. The van der Waals surface area contributed by atoms with E-state index in [1.165, 1.54) is 10.5 Å². The van der Waals surface area contributed by atoms with Crippen molar-refractivity contribution in [2.24, 2.45) is 5.10 Å². The number of nitrogens with one attached hydrogen (secondary N) is 1. The largest absolute Gasteiger partial charge is 0.482 e. The minimum absolute atomic E-state index is 0.0633. The van der Waals surface area contributed by atoms with Crippen molar-refractivity contribution < 1.29 is 14.3 Å². The summed E-state index contributed by atoms with van der Waals surface area (Å²) in [6, 6.07) is 15.2. The number of hydrogen-bond donors (Lipinski definition) is 1. The number of para-hydroxylation sites is 2. The van der Waals surface area contributed by atoms with Gasteiger partial charge in [-0.25, -0.2) is 5.43 Å². The van der Waals surface area contributed by atoms with Crippen molar-refractivity contribution in [1.82, 2.24) is 5.43 Å². The van der Waals surface area contributed by atoms with Gasteiger partial charge in [0.1, 0.15) is 12.3 Å². The summed E-state index contributed by atoms with van der Waals surface area (Å²) in [7, 11) is 0. The van der Waals surface area contributed by atoms with E-state index in [1.54, 1.807) is 18.2 Å². The third-order valence-corrected chi connectivity index (χ3v) is 4.38. The van der Waals surface area contributed by atoms with Gasteiger partial charge < -0.3 is 4.74 Å². The van der Waals surface area contributed by atoms with Crippen molar-refractivity contribution in [3.8, 4) is 5.75 Å². The van der Waals surface area contributed by atoms with E-state index in [-0.39, 0.29) is 25.0 Å². The Bertz CT molecular complexity index is 876. The number of aryl methyl sites for hydroxylation is 1. The van der Waals surface area contributed by atoms with E-state index in [2.05, 4.69) is 16.6 Å². The molecule has 4 rings (SSSR count). The van der Waals surface area contributed by atoms with Crippen LogP contribution in [0.4, 0.5) is 5.69 Å². The summed E-state index contributed by atoms with van der Waals surface area (Å²) >= 11 is 0. The summed E-state index contributed by atoms with van der Waals surface area (Å²) < 4.78 is 5.38. The van der Waals surface area contributed by atoms with Gasteiger partial charge >= 0.3 is 0 Å². The second-order valence-corrected chi connectivity index (χ2v) is 5.99. The highest BCUT2D eigenvalue weighted by Gasteiger charge is 2.27. The highest BCUT2D eigenvalue weighted by molar-refractivity contribution is 6.05. The van der Waals surface area contributed by atoms with Crippen molar-refractivity contribution in [3.05, 3.63) is 59.7 Å². The zero-order valence-corrected chi connectivity index (χ0v) is 13.6. The van der Waals surface area contributed by atoms with Crippen LogP contribution in [0.5, 0.6) is 5.75 Å². The molecule has 1 heterocycles. The molecule has 0 unspecified atom stereocenters. The Hall–Kier alpha value is -3.15.